The summed E-state index contributed by atoms with van der Waals surface area (Å²) in [6.45, 7) is 4.09. The second-order valence-electron chi connectivity index (χ2n) is 4.18. The van der Waals surface area contributed by atoms with E-state index in [-0.39, 0.29) is 0 Å². The molecule has 0 aliphatic heterocycles. The van der Waals surface area contributed by atoms with E-state index in [1.165, 1.54) is 32.1 Å². The van der Waals surface area contributed by atoms with E-state index in [0.717, 1.165) is 24.4 Å². The van der Waals surface area contributed by atoms with Gasteiger partial charge in [-0.25, -0.2) is 0 Å². The molecule has 0 fully saturated rings. The minimum absolute atomic E-state index is 0.320. The van der Waals surface area contributed by atoms with Crippen molar-refractivity contribution >= 4 is 0 Å². The van der Waals surface area contributed by atoms with Crippen LogP contribution in [0.25, 0.3) is 0 Å². The van der Waals surface area contributed by atoms with E-state index in [2.05, 4.69) is 6.92 Å². The molecule has 2 nitrogen and oxygen atoms in total. The van der Waals surface area contributed by atoms with Crippen LogP contribution >= 0.6 is 0 Å². The number of aryl methyl sites for hydroxylation is 2. The molecule has 86 valence electrons. The van der Waals surface area contributed by atoms with Crippen LogP contribution in [0.2, 0.25) is 0 Å². The largest absolute Gasteiger partial charge is 0.504 e. The third kappa shape index (κ3) is 4.41. The zero-order chi connectivity index (χ0) is 11.1. The molecule has 1 aromatic heterocycles. The van der Waals surface area contributed by atoms with Gasteiger partial charge in [-0.05, 0) is 13.3 Å². The molecule has 1 heterocycles. The molecule has 0 aromatic carbocycles. The SMILES string of the molecule is CCCCCCCCc1oc(C)cc1O. The van der Waals surface area contributed by atoms with Crippen LogP contribution in [0.5, 0.6) is 5.75 Å². The third-order valence-corrected chi connectivity index (χ3v) is 2.67. The van der Waals surface area contributed by atoms with Crippen molar-refractivity contribution in [2.45, 2.75) is 58.8 Å². The highest BCUT2D eigenvalue weighted by Crippen LogP contribution is 2.23. The third-order valence-electron chi connectivity index (χ3n) is 2.67. The van der Waals surface area contributed by atoms with Crippen molar-refractivity contribution in [3.8, 4) is 5.75 Å². The van der Waals surface area contributed by atoms with Gasteiger partial charge in [0.25, 0.3) is 0 Å². The molecule has 0 amide bonds. The van der Waals surface area contributed by atoms with Crippen LogP contribution < -0.4 is 0 Å². The molecule has 0 atom stereocenters. The fraction of sp³-hybridized carbons (Fsp3) is 0.692. The predicted molar refractivity (Wildman–Crippen MR) is 62.2 cm³/mol. The van der Waals surface area contributed by atoms with Crippen LogP contribution in [0, 0.1) is 6.92 Å². The van der Waals surface area contributed by atoms with Gasteiger partial charge < -0.3 is 9.52 Å². The molecule has 0 radical (unpaired) electrons. The number of furan rings is 1. The topological polar surface area (TPSA) is 33.4 Å². The summed E-state index contributed by atoms with van der Waals surface area (Å²) >= 11 is 0. The van der Waals surface area contributed by atoms with Crippen LogP contribution in [0.3, 0.4) is 0 Å². The van der Waals surface area contributed by atoms with Crippen molar-refractivity contribution < 1.29 is 9.52 Å². The van der Waals surface area contributed by atoms with Crippen LogP contribution in [-0.2, 0) is 6.42 Å². The fourth-order valence-corrected chi connectivity index (χ4v) is 1.79. The lowest BCUT2D eigenvalue weighted by Crippen LogP contribution is -1.84. The summed E-state index contributed by atoms with van der Waals surface area (Å²) in [6, 6.07) is 1.69. The Balaban J connectivity index is 2.12. The van der Waals surface area contributed by atoms with Gasteiger partial charge in [-0.2, -0.15) is 0 Å². The summed E-state index contributed by atoms with van der Waals surface area (Å²) in [5.74, 6) is 1.87. The van der Waals surface area contributed by atoms with Crippen molar-refractivity contribution in [3.05, 3.63) is 17.6 Å². The standard InChI is InChI=1S/C13H22O2/c1-3-4-5-6-7-8-9-13-12(14)10-11(2)15-13/h10,14H,3-9H2,1-2H3. The van der Waals surface area contributed by atoms with Crippen molar-refractivity contribution in [3.63, 3.8) is 0 Å². The van der Waals surface area contributed by atoms with Crippen LogP contribution in [0.15, 0.2) is 10.5 Å². The van der Waals surface area contributed by atoms with E-state index in [1.54, 1.807) is 6.07 Å². The molecular weight excluding hydrogens is 188 g/mol. The van der Waals surface area contributed by atoms with Gasteiger partial charge in [-0.3, -0.25) is 0 Å². The Bertz CT molecular complexity index is 276. The number of unbranched alkanes of at least 4 members (excludes halogenated alkanes) is 5. The lowest BCUT2D eigenvalue weighted by molar-refractivity contribution is 0.418. The maximum Gasteiger partial charge on any atom is 0.157 e. The first-order chi connectivity index (χ1) is 7.24. The highest BCUT2D eigenvalue weighted by Gasteiger charge is 2.06. The summed E-state index contributed by atoms with van der Waals surface area (Å²) in [5, 5.41) is 9.48. The molecule has 1 N–H and O–H groups in total. The summed E-state index contributed by atoms with van der Waals surface area (Å²) in [4.78, 5) is 0. The maximum atomic E-state index is 9.48. The van der Waals surface area contributed by atoms with Gasteiger partial charge in [0.05, 0.1) is 0 Å². The first-order valence-corrected chi connectivity index (χ1v) is 6.02. The van der Waals surface area contributed by atoms with Gasteiger partial charge in [-0.1, -0.05) is 39.0 Å². The molecule has 1 rings (SSSR count). The van der Waals surface area contributed by atoms with Gasteiger partial charge in [-0.15, -0.1) is 0 Å². The predicted octanol–water partition coefficient (Wildman–Crippen LogP) is 4.20. The minimum Gasteiger partial charge on any atom is -0.504 e. The molecule has 15 heavy (non-hydrogen) atoms. The molecule has 0 saturated carbocycles. The van der Waals surface area contributed by atoms with Gasteiger partial charge in [0.15, 0.2) is 5.75 Å². The first-order valence-electron chi connectivity index (χ1n) is 6.02. The number of rotatable bonds is 7. The Labute approximate surface area is 92.3 Å². The summed E-state index contributed by atoms with van der Waals surface area (Å²) in [5.41, 5.74) is 0. The molecular formula is C13H22O2. The number of hydrogen-bond acceptors (Lipinski definition) is 2. The zero-order valence-electron chi connectivity index (χ0n) is 9.88. The Morgan fingerprint density at radius 2 is 1.80 bits per heavy atom. The van der Waals surface area contributed by atoms with E-state index in [9.17, 15) is 5.11 Å². The van der Waals surface area contributed by atoms with Gasteiger partial charge in [0.1, 0.15) is 11.5 Å². The highest BCUT2D eigenvalue weighted by atomic mass is 16.4. The molecule has 0 saturated heterocycles. The molecule has 0 aliphatic carbocycles. The monoisotopic (exact) mass is 210 g/mol. The first kappa shape index (κ1) is 12.2. The van der Waals surface area contributed by atoms with Gasteiger partial charge in [0, 0.05) is 12.5 Å². The van der Waals surface area contributed by atoms with Crippen molar-refractivity contribution in [2.24, 2.45) is 0 Å². The lowest BCUT2D eigenvalue weighted by Gasteiger charge is -1.99. The average Bonchev–Trinajstić information content (AvgIpc) is 2.51. The molecule has 1 aromatic rings. The quantitative estimate of drug-likeness (QED) is 0.684. The molecule has 0 aliphatic rings. The van der Waals surface area contributed by atoms with E-state index in [4.69, 9.17) is 4.42 Å². The molecule has 2 heteroatoms. The highest BCUT2D eigenvalue weighted by molar-refractivity contribution is 5.26. The zero-order valence-corrected chi connectivity index (χ0v) is 9.88. The Kier molecular flexibility index (Phi) is 5.30. The van der Waals surface area contributed by atoms with Crippen LogP contribution in [0.4, 0.5) is 0 Å². The normalized spacial score (nSPS) is 10.8. The van der Waals surface area contributed by atoms with Gasteiger partial charge in [0.2, 0.25) is 0 Å². The molecule has 0 bridgehead atoms. The summed E-state index contributed by atoms with van der Waals surface area (Å²) in [6.07, 6.45) is 8.48. The van der Waals surface area contributed by atoms with Crippen LogP contribution in [-0.4, -0.2) is 5.11 Å². The lowest BCUT2D eigenvalue weighted by atomic mass is 10.1. The second kappa shape index (κ2) is 6.54. The van der Waals surface area contributed by atoms with E-state index < -0.39 is 0 Å². The summed E-state index contributed by atoms with van der Waals surface area (Å²) < 4.78 is 5.39. The van der Waals surface area contributed by atoms with Crippen LogP contribution in [0.1, 0.15) is 57.0 Å². The van der Waals surface area contributed by atoms with Crippen molar-refractivity contribution in [2.75, 3.05) is 0 Å². The fourth-order valence-electron chi connectivity index (χ4n) is 1.79. The average molecular weight is 210 g/mol. The van der Waals surface area contributed by atoms with Gasteiger partial charge >= 0.3 is 0 Å². The Morgan fingerprint density at radius 3 is 2.40 bits per heavy atom. The number of aromatic hydroxyl groups is 1. The van der Waals surface area contributed by atoms with E-state index in [1.807, 2.05) is 6.92 Å². The van der Waals surface area contributed by atoms with E-state index in [0.29, 0.717) is 5.75 Å². The number of hydrogen-bond donors (Lipinski definition) is 1. The smallest absolute Gasteiger partial charge is 0.157 e. The maximum absolute atomic E-state index is 9.48. The van der Waals surface area contributed by atoms with Crippen molar-refractivity contribution in [1.82, 2.24) is 0 Å². The Morgan fingerprint density at radius 1 is 1.13 bits per heavy atom. The Hall–Kier alpha value is -0.920. The minimum atomic E-state index is 0.320. The van der Waals surface area contributed by atoms with E-state index >= 15 is 0 Å². The van der Waals surface area contributed by atoms with Crippen molar-refractivity contribution in [1.29, 1.82) is 0 Å². The second-order valence-corrected chi connectivity index (χ2v) is 4.18. The molecule has 0 unspecified atom stereocenters. The summed E-state index contributed by atoms with van der Waals surface area (Å²) in [7, 11) is 0. The molecule has 0 spiro atoms.